The third kappa shape index (κ3) is 2.09. The molecule has 106 valence electrons. The van der Waals surface area contributed by atoms with Gasteiger partial charge in [-0.1, -0.05) is 66.7 Å². The van der Waals surface area contributed by atoms with E-state index in [4.69, 9.17) is 4.74 Å². The molecule has 0 amide bonds. The summed E-state index contributed by atoms with van der Waals surface area (Å²) in [6.07, 6.45) is 3.62. The second-order valence-electron chi connectivity index (χ2n) is 5.34. The first-order valence-electron chi connectivity index (χ1n) is 7.29. The third-order valence-electron chi connectivity index (χ3n) is 4.00. The largest absolute Gasteiger partial charge is 0.450 e. The first-order chi connectivity index (χ1) is 10.8. The lowest BCUT2D eigenvalue weighted by Crippen LogP contribution is -2.09. The van der Waals surface area contributed by atoms with Gasteiger partial charge >= 0.3 is 5.97 Å². The molecule has 0 radical (unpaired) electrons. The van der Waals surface area contributed by atoms with Gasteiger partial charge in [-0.25, -0.2) is 4.79 Å². The molecule has 0 spiro atoms. The highest BCUT2D eigenvalue weighted by molar-refractivity contribution is 6.04. The van der Waals surface area contributed by atoms with Crippen LogP contribution in [0.1, 0.15) is 27.6 Å². The highest BCUT2D eigenvalue weighted by atomic mass is 16.5. The minimum absolute atomic E-state index is 0.289. The van der Waals surface area contributed by atoms with Crippen LogP contribution >= 0.6 is 0 Å². The molecule has 0 aliphatic heterocycles. The van der Waals surface area contributed by atoms with Crippen molar-refractivity contribution in [3.63, 3.8) is 0 Å². The number of carbonyl (C=O) groups is 1. The van der Waals surface area contributed by atoms with Gasteiger partial charge in [0.2, 0.25) is 0 Å². The molecule has 1 aliphatic carbocycles. The summed E-state index contributed by atoms with van der Waals surface area (Å²) in [7, 11) is 0. The third-order valence-corrected chi connectivity index (χ3v) is 4.00. The van der Waals surface area contributed by atoms with Crippen molar-refractivity contribution < 1.29 is 9.53 Å². The fourth-order valence-electron chi connectivity index (χ4n) is 2.90. The van der Waals surface area contributed by atoms with Crippen molar-refractivity contribution in [1.82, 2.24) is 0 Å². The van der Waals surface area contributed by atoms with Gasteiger partial charge in [-0.15, -0.1) is 0 Å². The molecule has 22 heavy (non-hydrogen) atoms. The molecule has 0 heterocycles. The van der Waals surface area contributed by atoms with Crippen LogP contribution < -0.4 is 0 Å². The molecule has 0 N–H and O–H groups in total. The SMILES string of the molecule is O=C(OC1C=Cc2ccccc21)c1cccc2ccccc12. The summed E-state index contributed by atoms with van der Waals surface area (Å²) >= 11 is 0. The summed E-state index contributed by atoms with van der Waals surface area (Å²) < 4.78 is 5.71. The molecular formula is C20H14O2. The van der Waals surface area contributed by atoms with Crippen molar-refractivity contribution in [3.8, 4) is 0 Å². The average Bonchev–Trinajstić information content (AvgIpc) is 2.97. The predicted molar refractivity (Wildman–Crippen MR) is 87.6 cm³/mol. The zero-order valence-corrected chi connectivity index (χ0v) is 11.9. The Morgan fingerprint density at radius 1 is 0.864 bits per heavy atom. The van der Waals surface area contributed by atoms with Crippen LogP contribution in [0, 0.1) is 0 Å². The summed E-state index contributed by atoms with van der Waals surface area (Å²) in [5, 5.41) is 1.96. The van der Waals surface area contributed by atoms with Crippen molar-refractivity contribution in [3.05, 3.63) is 89.5 Å². The number of carbonyl (C=O) groups excluding carboxylic acids is 1. The highest BCUT2D eigenvalue weighted by Crippen LogP contribution is 2.32. The van der Waals surface area contributed by atoms with Crippen molar-refractivity contribution in [2.45, 2.75) is 6.10 Å². The first-order valence-corrected chi connectivity index (χ1v) is 7.29. The second-order valence-corrected chi connectivity index (χ2v) is 5.34. The maximum absolute atomic E-state index is 12.6. The summed E-state index contributed by atoms with van der Waals surface area (Å²) in [6, 6.07) is 21.5. The van der Waals surface area contributed by atoms with Crippen LogP contribution in [0.15, 0.2) is 72.8 Å². The molecule has 3 aromatic carbocycles. The number of fused-ring (bicyclic) bond motifs is 2. The van der Waals surface area contributed by atoms with Crippen LogP contribution in [0.25, 0.3) is 16.8 Å². The Labute approximate surface area is 128 Å². The van der Waals surface area contributed by atoms with E-state index >= 15 is 0 Å². The van der Waals surface area contributed by atoms with Gasteiger partial charge in [0, 0.05) is 5.56 Å². The number of benzene rings is 3. The van der Waals surface area contributed by atoms with E-state index in [1.807, 2.05) is 78.9 Å². The molecule has 2 heteroatoms. The molecule has 0 saturated heterocycles. The van der Waals surface area contributed by atoms with E-state index in [1.165, 1.54) is 0 Å². The van der Waals surface area contributed by atoms with Gasteiger partial charge in [-0.05, 0) is 28.5 Å². The van der Waals surface area contributed by atoms with Gasteiger partial charge in [-0.2, -0.15) is 0 Å². The fourth-order valence-corrected chi connectivity index (χ4v) is 2.90. The number of hydrogen-bond acceptors (Lipinski definition) is 2. The molecule has 0 saturated carbocycles. The van der Waals surface area contributed by atoms with E-state index in [0.717, 1.165) is 21.9 Å². The normalized spacial score (nSPS) is 15.7. The van der Waals surface area contributed by atoms with E-state index in [0.29, 0.717) is 5.56 Å². The van der Waals surface area contributed by atoms with Crippen molar-refractivity contribution in [2.24, 2.45) is 0 Å². The maximum Gasteiger partial charge on any atom is 0.339 e. The van der Waals surface area contributed by atoms with Gasteiger partial charge in [0.1, 0.15) is 6.10 Å². The Morgan fingerprint density at radius 3 is 2.59 bits per heavy atom. The van der Waals surface area contributed by atoms with E-state index in [9.17, 15) is 4.79 Å². The summed E-state index contributed by atoms with van der Waals surface area (Å²) in [5.74, 6) is -0.289. The van der Waals surface area contributed by atoms with E-state index in [2.05, 4.69) is 0 Å². The van der Waals surface area contributed by atoms with Crippen molar-refractivity contribution in [2.75, 3.05) is 0 Å². The zero-order chi connectivity index (χ0) is 14.9. The quantitative estimate of drug-likeness (QED) is 0.635. The Morgan fingerprint density at radius 2 is 1.64 bits per heavy atom. The average molecular weight is 286 g/mol. The molecule has 0 fully saturated rings. The van der Waals surface area contributed by atoms with Crippen LogP contribution in [0.4, 0.5) is 0 Å². The topological polar surface area (TPSA) is 26.3 Å². The van der Waals surface area contributed by atoms with Crippen LogP contribution in [0.3, 0.4) is 0 Å². The Hall–Kier alpha value is -2.87. The van der Waals surface area contributed by atoms with Gasteiger partial charge < -0.3 is 4.74 Å². The van der Waals surface area contributed by atoms with Crippen molar-refractivity contribution in [1.29, 1.82) is 0 Å². The maximum atomic E-state index is 12.6. The van der Waals surface area contributed by atoms with Crippen LogP contribution in [-0.4, -0.2) is 5.97 Å². The number of ether oxygens (including phenoxy) is 1. The minimum atomic E-state index is -0.303. The number of rotatable bonds is 2. The van der Waals surface area contributed by atoms with Crippen LogP contribution in [0.2, 0.25) is 0 Å². The predicted octanol–water partition coefficient (Wildman–Crippen LogP) is 4.76. The Balaban J connectivity index is 1.67. The molecule has 4 rings (SSSR count). The van der Waals surface area contributed by atoms with Gasteiger partial charge in [-0.3, -0.25) is 0 Å². The molecule has 3 aromatic rings. The van der Waals surface area contributed by atoms with E-state index in [-0.39, 0.29) is 12.1 Å². The van der Waals surface area contributed by atoms with Gasteiger partial charge in [0.25, 0.3) is 0 Å². The lowest BCUT2D eigenvalue weighted by molar-refractivity contribution is 0.0399. The smallest absolute Gasteiger partial charge is 0.339 e. The summed E-state index contributed by atoms with van der Waals surface area (Å²) in [6.45, 7) is 0. The van der Waals surface area contributed by atoms with Gasteiger partial charge in [0.15, 0.2) is 0 Å². The monoisotopic (exact) mass is 286 g/mol. The van der Waals surface area contributed by atoms with E-state index in [1.54, 1.807) is 0 Å². The Bertz CT molecular complexity index is 888. The number of hydrogen-bond donors (Lipinski definition) is 0. The van der Waals surface area contributed by atoms with Crippen molar-refractivity contribution >= 4 is 22.8 Å². The molecule has 2 nitrogen and oxygen atoms in total. The summed E-state index contributed by atoms with van der Waals surface area (Å²) in [4.78, 5) is 12.6. The standard InChI is InChI=1S/C20H14O2/c21-20(18-11-5-8-14-6-1-3-9-16(14)18)22-19-13-12-15-7-2-4-10-17(15)19/h1-13,19H. The molecule has 1 unspecified atom stereocenters. The number of esters is 1. The summed E-state index contributed by atoms with van der Waals surface area (Å²) in [5.41, 5.74) is 2.75. The molecule has 1 atom stereocenters. The molecule has 1 aliphatic rings. The van der Waals surface area contributed by atoms with Crippen LogP contribution in [0.5, 0.6) is 0 Å². The lowest BCUT2D eigenvalue weighted by atomic mass is 10.0. The molecule has 0 aromatic heterocycles. The highest BCUT2D eigenvalue weighted by Gasteiger charge is 2.22. The van der Waals surface area contributed by atoms with Gasteiger partial charge in [0.05, 0.1) is 5.56 Å². The lowest BCUT2D eigenvalue weighted by Gasteiger charge is -2.13. The first kappa shape index (κ1) is 12.8. The fraction of sp³-hybridized carbons (Fsp3) is 0.0500. The Kier molecular flexibility index (Phi) is 3.01. The molecule has 0 bridgehead atoms. The molecular weight excluding hydrogens is 272 g/mol. The zero-order valence-electron chi connectivity index (χ0n) is 11.9. The van der Waals surface area contributed by atoms with E-state index < -0.39 is 0 Å². The minimum Gasteiger partial charge on any atom is -0.450 e. The van der Waals surface area contributed by atoms with Crippen LogP contribution in [-0.2, 0) is 4.74 Å². The second kappa shape index (κ2) is 5.15.